The molecule has 2 aromatic carbocycles. The highest BCUT2D eigenvalue weighted by Gasteiger charge is 2.12. The lowest BCUT2D eigenvalue weighted by Crippen LogP contribution is -2.23. The Bertz CT molecular complexity index is 717. The van der Waals surface area contributed by atoms with Gasteiger partial charge in [-0.05, 0) is 54.8 Å². The van der Waals surface area contributed by atoms with E-state index < -0.39 is 5.91 Å². The van der Waals surface area contributed by atoms with Crippen LogP contribution in [0.15, 0.2) is 48.5 Å². The van der Waals surface area contributed by atoms with Gasteiger partial charge in [-0.3, -0.25) is 9.59 Å². The maximum atomic E-state index is 12.1. The van der Waals surface area contributed by atoms with Crippen molar-refractivity contribution in [3.63, 3.8) is 0 Å². The summed E-state index contributed by atoms with van der Waals surface area (Å²) in [4.78, 5) is 25.6. The molecule has 1 fully saturated rings. The Labute approximate surface area is 141 Å². The van der Waals surface area contributed by atoms with Crippen molar-refractivity contribution in [1.29, 1.82) is 0 Å². The van der Waals surface area contributed by atoms with Gasteiger partial charge in [0.25, 0.3) is 5.91 Å². The van der Waals surface area contributed by atoms with Crippen LogP contribution in [0.4, 0.5) is 5.69 Å². The van der Waals surface area contributed by atoms with Crippen molar-refractivity contribution in [2.75, 3.05) is 18.0 Å². The summed E-state index contributed by atoms with van der Waals surface area (Å²) in [5.74, 6) is -0.672. The molecule has 3 N–H and O–H groups in total. The van der Waals surface area contributed by atoms with Crippen molar-refractivity contribution in [2.24, 2.45) is 5.73 Å². The largest absolute Gasteiger partial charge is 0.372 e. The quantitative estimate of drug-likeness (QED) is 0.886. The van der Waals surface area contributed by atoms with E-state index in [4.69, 9.17) is 5.73 Å². The normalized spacial score (nSPS) is 13.8. The Morgan fingerprint density at radius 2 is 1.50 bits per heavy atom. The minimum Gasteiger partial charge on any atom is -0.372 e. The van der Waals surface area contributed by atoms with Crippen LogP contribution in [0.1, 0.15) is 39.1 Å². The van der Waals surface area contributed by atoms with Crippen LogP contribution in [0.25, 0.3) is 0 Å². The van der Waals surface area contributed by atoms with Gasteiger partial charge >= 0.3 is 0 Å². The van der Waals surface area contributed by atoms with Gasteiger partial charge in [-0.1, -0.05) is 12.1 Å². The van der Waals surface area contributed by atoms with Gasteiger partial charge < -0.3 is 16.0 Å². The fraction of sp³-hybridized carbons (Fsp3) is 0.263. The number of amides is 2. The van der Waals surface area contributed by atoms with Crippen LogP contribution in [0.5, 0.6) is 0 Å². The van der Waals surface area contributed by atoms with Crippen molar-refractivity contribution < 1.29 is 9.59 Å². The molecular weight excluding hydrogens is 302 g/mol. The predicted molar refractivity (Wildman–Crippen MR) is 94.0 cm³/mol. The summed E-state index contributed by atoms with van der Waals surface area (Å²) in [6.07, 6.45) is 2.51. The van der Waals surface area contributed by atoms with Crippen molar-refractivity contribution in [3.8, 4) is 0 Å². The zero-order valence-electron chi connectivity index (χ0n) is 13.5. The van der Waals surface area contributed by atoms with Crippen LogP contribution in [0, 0.1) is 0 Å². The van der Waals surface area contributed by atoms with Crippen LogP contribution in [0.2, 0.25) is 0 Å². The zero-order chi connectivity index (χ0) is 16.9. The Hall–Kier alpha value is -2.82. The lowest BCUT2D eigenvalue weighted by Gasteiger charge is -2.17. The molecule has 0 spiro atoms. The van der Waals surface area contributed by atoms with Crippen LogP contribution in [-0.2, 0) is 6.54 Å². The number of rotatable bonds is 5. The molecule has 0 saturated carbocycles. The van der Waals surface area contributed by atoms with Gasteiger partial charge in [-0.2, -0.15) is 0 Å². The Morgan fingerprint density at radius 3 is 2.08 bits per heavy atom. The van der Waals surface area contributed by atoms with Gasteiger partial charge in [0.15, 0.2) is 0 Å². The first kappa shape index (κ1) is 16.1. The molecule has 1 aliphatic heterocycles. The number of hydrogen-bond donors (Lipinski definition) is 2. The van der Waals surface area contributed by atoms with Gasteiger partial charge in [0, 0.05) is 36.4 Å². The molecule has 0 atom stereocenters. The van der Waals surface area contributed by atoms with E-state index in [-0.39, 0.29) is 5.91 Å². The minimum absolute atomic E-state index is 0.172. The summed E-state index contributed by atoms with van der Waals surface area (Å²) in [7, 11) is 0. The van der Waals surface area contributed by atoms with Crippen molar-refractivity contribution in [2.45, 2.75) is 19.4 Å². The molecule has 5 heteroatoms. The van der Waals surface area contributed by atoms with Crippen LogP contribution in [-0.4, -0.2) is 24.9 Å². The lowest BCUT2D eigenvalue weighted by molar-refractivity contribution is 0.0948. The second-order valence-electron chi connectivity index (χ2n) is 5.98. The summed E-state index contributed by atoms with van der Waals surface area (Å²) in [5.41, 5.74) is 8.39. The zero-order valence-corrected chi connectivity index (χ0v) is 13.5. The summed E-state index contributed by atoms with van der Waals surface area (Å²) in [6.45, 7) is 2.71. The third-order valence-corrected chi connectivity index (χ3v) is 4.29. The second-order valence-corrected chi connectivity index (χ2v) is 5.98. The number of primary amides is 1. The monoisotopic (exact) mass is 323 g/mol. The molecule has 1 saturated heterocycles. The molecule has 3 rings (SSSR count). The van der Waals surface area contributed by atoms with Gasteiger partial charge in [0.05, 0.1) is 0 Å². The highest BCUT2D eigenvalue weighted by atomic mass is 16.2. The maximum absolute atomic E-state index is 12.1. The van der Waals surface area contributed by atoms with E-state index in [1.165, 1.54) is 18.5 Å². The highest BCUT2D eigenvalue weighted by Crippen LogP contribution is 2.20. The summed E-state index contributed by atoms with van der Waals surface area (Å²) >= 11 is 0. The third kappa shape index (κ3) is 3.74. The number of nitrogens with one attached hydrogen (secondary N) is 1. The molecule has 124 valence electrons. The van der Waals surface area contributed by atoms with E-state index in [1.807, 2.05) is 12.1 Å². The molecule has 1 aliphatic rings. The minimum atomic E-state index is -0.500. The number of nitrogens with two attached hydrogens (primary N) is 1. The molecule has 0 unspecified atom stereocenters. The van der Waals surface area contributed by atoms with Crippen LogP contribution >= 0.6 is 0 Å². The Balaban J connectivity index is 1.56. The number of hydrogen-bond acceptors (Lipinski definition) is 3. The maximum Gasteiger partial charge on any atom is 0.251 e. The van der Waals surface area contributed by atoms with Gasteiger partial charge in [0.1, 0.15) is 0 Å². The topological polar surface area (TPSA) is 75.4 Å². The molecule has 2 amide bonds. The second kappa shape index (κ2) is 7.17. The first-order chi connectivity index (χ1) is 11.6. The van der Waals surface area contributed by atoms with Crippen molar-refractivity contribution in [3.05, 3.63) is 65.2 Å². The van der Waals surface area contributed by atoms with Crippen molar-refractivity contribution >= 4 is 17.5 Å². The first-order valence-corrected chi connectivity index (χ1v) is 8.15. The van der Waals surface area contributed by atoms with E-state index in [1.54, 1.807) is 24.3 Å². The number of carbonyl (C=O) groups is 2. The van der Waals surface area contributed by atoms with Gasteiger partial charge in [-0.15, -0.1) is 0 Å². The Kier molecular flexibility index (Phi) is 4.79. The molecular formula is C19H21N3O2. The average molecular weight is 323 g/mol. The third-order valence-electron chi connectivity index (χ3n) is 4.29. The Morgan fingerprint density at radius 1 is 0.917 bits per heavy atom. The summed E-state index contributed by atoms with van der Waals surface area (Å²) < 4.78 is 0. The molecule has 1 heterocycles. The number of benzene rings is 2. The summed E-state index contributed by atoms with van der Waals surface area (Å²) in [6, 6.07) is 14.6. The highest BCUT2D eigenvalue weighted by molar-refractivity contribution is 5.97. The van der Waals surface area contributed by atoms with Crippen LogP contribution in [0.3, 0.4) is 0 Å². The number of anilines is 1. The van der Waals surface area contributed by atoms with E-state index in [2.05, 4.69) is 22.3 Å². The number of carbonyl (C=O) groups excluding carboxylic acids is 2. The van der Waals surface area contributed by atoms with E-state index in [0.29, 0.717) is 17.7 Å². The SMILES string of the molecule is NC(=O)c1ccc(C(=O)NCc2ccc(N3CCCC3)cc2)cc1. The van der Waals surface area contributed by atoms with Gasteiger partial charge in [0.2, 0.25) is 5.91 Å². The molecule has 0 aliphatic carbocycles. The fourth-order valence-electron chi connectivity index (χ4n) is 2.87. The smallest absolute Gasteiger partial charge is 0.251 e. The average Bonchev–Trinajstić information content (AvgIpc) is 3.15. The fourth-order valence-corrected chi connectivity index (χ4v) is 2.87. The lowest BCUT2D eigenvalue weighted by atomic mass is 10.1. The van der Waals surface area contributed by atoms with Gasteiger partial charge in [-0.25, -0.2) is 0 Å². The first-order valence-electron chi connectivity index (χ1n) is 8.15. The van der Waals surface area contributed by atoms with E-state index >= 15 is 0 Å². The molecule has 2 aromatic rings. The molecule has 24 heavy (non-hydrogen) atoms. The predicted octanol–water partition coefficient (Wildman–Crippen LogP) is 2.32. The number of nitrogens with zero attached hydrogens (tertiary/aromatic N) is 1. The summed E-state index contributed by atoms with van der Waals surface area (Å²) in [5, 5.41) is 2.88. The van der Waals surface area contributed by atoms with Crippen molar-refractivity contribution in [1.82, 2.24) is 5.32 Å². The van der Waals surface area contributed by atoms with E-state index in [9.17, 15) is 9.59 Å². The molecule has 0 aromatic heterocycles. The van der Waals surface area contributed by atoms with E-state index in [0.717, 1.165) is 18.7 Å². The standard InChI is InChI=1S/C19H21N3O2/c20-18(23)15-5-7-16(8-6-15)19(24)21-13-14-3-9-17(10-4-14)22-11-1-2-12-22/h3-10H,1-2,11-13H2,(H2,20,23)(H,21,24). The molecule has 5 nitrogen and oxygen atoms in total. The molecule has 0 radical (unpaired) electrons. The molecule has 0 bridgehead atoms. The van der Waals surface area contributed by atoms with Crippen LogP contribution < -0.4 is 16.0 Å².